The van der Waals surface area contributed by atoms with E-state index in [0.29, 0.717) is 22.4 Å². The number of nitrogens with zero attached hydrogens (tertiary/aromatic N) is 3. The minimum Gasteiger partial charge on any atom is -0.394 e. The molecule has 1 aliphatic rings. The number of aliphatic hydroxyl groups excluding tert-OH is 3. The van der Waals surface area contributed by atoms with Crippen molar-refractivity contribution in [2.75, 3.05) is 6.61 Å². The lowest BCUT2D eigenvalue weighted by Crippen LogP contribution is -2.33. The highest BCUT2D eigenvalue weighted by Gasteiger charge is 2.44. The van der Waals surface area contributed by atoms with Crippen molar-refractivity contribution in [3.8, 4) is 0 Å². The van der Waals surface area contributed by atoms with Gasteiger partial charge in [-0.2, -0.15) is 0 Å². The lowest BCUT2D eigenvalue weighted by molar-refractivity contribution is -0.0508. The number of hydrogen-bond donors (Lipinski definition) is 5. The third-order valence-electron chi connectivity index (χ3n) is 3.77. The second kappa shape index (κ2) is 5.29. The van der Waals surface area contributed by atoms with Crippen LogP contribution in [0, 0.1) is 12.3 Å². The number of fused-ring (bicyclic) bond motifs is 1. The van der Waals surface area contributed by atoms with Crippen LogP contribution in [0.4, 0.5) is 0 Å². The first-order valence-corrected chi connectivity index (χ1v) is 6.75. The molecule has 2 aromatic heterocycles. The Kier molecular flexibility index (Phi) is 3.57. The zero-order valence-corrected chi connectivity index (χ0v) is 11.8. The molecule has 0 saturated carbocycles. The molecule has 3 rings (SSSR count). The summed E-state index contributed by atoms with van der Waals surface area (Å²) in [5.41, 5.74) is 6.41. The van der Waals surface area contributed by atoms with Gasteiger partial charge in [0.2, 0.25) is 0 Å². The summed E-state index contributed by atoms with van der Waals surface area (Å²) in [6.45, 7) is 1.29. The monoisotopic (exact) mass is 307 g/mol. The summed E-state index contributed by atoms with van der Waals surface area (Å²) < 4.78 is 7.01. The molecule has 0 unspecified atom stereocenters. The summed E-state index contributed by atoms with van der Waals surface area (Å²) in [5.74, 6) is 0.344. The van der Waals surface area contributed by atoms with Crippen molar-refractivity contribution in [3.63, 3.8) is 0 Å². The lowest BCUT2D eigenvalue weighted by atomic mass is 10.1. The number of rotatable bonds is 3. The van der Waals surface area contributed by atoms with Gasteiger partial charge in [0.05, 0.1) is 6.61 Å². The van der Waals surface area contributed by atoms with Gasteiger partial charge in [-0.3, -0.25) is 5.41 Å². The Morgan fingerprint density at radius 2 is 2.18 bits per heavy atom. The number of amidine groups is 1. The molecule has 6 N–H and O–H groups in total. The van der Waals surface area contributed by atoms with Gasteiger partial charge in [-0.05, 0) is 6.92 Å². The van der Waals surface area contributed by atoms with Crippen LogP contribution in [0.1, 0.15) is 17.6 Å². The molecule has 9 heteroatoms. The molecule has 0 spiro atoms. The van der Waals surface area contributed by atoms with Crippen molar-refractivity contribution >= 4 is 16.9 Å². The second-order valence-electron chi connectivity index (χ2n) is 5.25. The molecule has 0 bridgehead atoms. The van der Waals surface area contributed by atoms with Crippen LogP contribution in [0.2, 0.25) is 0 Å². The SMILES string of the molecule is Cc1ncc2c(C(=N)N)cn([C@@H]3O[C@H](CO)[C@@H](O)[C@H]3O)c2n1. The molecule has 3 heterocycles. The molecule has 1 fully saturated rings. The first-order chi connectivity index (χ1) is 10.4. The van der Waals surface area contributed by atoms with Crippen LogP contribution in [-0.2, 0) is 4.74 Å². The van der Waals surface area contributed by atoms with Gasteiger partial charge in [0.1, 0.15) is 35.6 Å². The van der Waals surface area contributed by atoms with Crippen LogP contribution in [-0.4, -0.2) is 60.6 Å². The van der Waals surface area contributed by atoms with Gasteiger partial charge in [0.25, 0.3) is 0 Å². The predicted molar refractivity (Wildman–Crippen MR) is 76.3 cm³/mol. The lowest BCUT2D eigenvalue weighted by Gasteiger charge is -2.17. The largest absolute Gasteiger partial charge is 0.394 e. The Labute approximate surface area is 125 Å². The summed E-state index contributed by atoms with van der Waals surface area (Å²) in [4.78, 5) is 8.38. The second-order valence-corrected chi connectivity index (χ2v) is 5.25. The number of ether oxygens (including phenoxy) is 1. The summed E-state index contributed by atoms with van der Waals surface area (Å²) in [6, 6.07) is 0. The molecule has 1 saturated heterocycles. The van der Waals surface area contributed by atoms with Crippen LogP contribution >= 0.6 is 0 Å². The molecule has 0 aromatic carbocycles. The molecule has 0 aliphatic carbocycles. The van der Waals surface area contributed by atoms with Gasteiger partial charge < -0.3 is 30.4 Å². The van der Waals surface area contributed by atoms with E-state index in [9.17, 15) is 15.3 Å². The minimum atomic E-state index is -1.23. The number of nitrogens with one attached hydrogen (secondary N) is 1. The van der Waals surface area contributed by atoms with Crippen molar-refractivity contribution < 1.29 is 20.1 Å². The molecular formula is C13H17N5O4. The number of nitrogens with two attached hydrogens (primary N) is 1. The first-order valence-electron chi connectivity index (χ1n) is 6.75. The van der Waals surface area contributed by atoms with Gasteiger partial charge in [-0.25, -0.2) is 9.97 Å². The molecule has 2 aromatic rings. The Balaban J connectivity index is 2.15. The average molecular weight is 307 g/mol. The van der Waals surface area contributed by atoms with E-state index in [1.54, 1.807) is 13.1 Å². The normalized spacial score (nSPS) is 28.4. The number of aromatic nitrogens is 3. The molecule has 9 nitrogen and oxygen atoms in total. The van der Waals surface area contributed by atoms with Crippen molar-refractivity contribution in [2.24, 2.45) is 5.73 Å². The summed E-state index contributed by atoms with van der Waals surface area (Å²) in [5, 5.41) is 37.4. The average Bonchev–Trinajstić information content (AvgIpc) is 2.98. The standard InChI is InChI=1S/C13H17N5O4/c1-5-16-2-6-7(11(14)15)3-18(12(6)17-5)13-10(21)9(20)8(4-19)22-13/h2-3,8-10,13,19-21H,4H2,1H3,(H3,14,15)/t8-,9-,10-,13-/m1/s1. The van der Waals surface area contributed by atoms with Gasteiger partial charge >= 0.3 is 0 Å². The number of aryl methyl sites for hydroxylation is 1. The van der Waals surface area contributed by atoms with Crippen LogP contribution in [0.3, 0.4) is 0 Å². The molecule has 22 heavy (non-hydrogen) atoms. The van der Waals surface area contributed by atoms with E-state index in [-0.39, 0.29) is 5.84 Å². The third-order valence-corrected chi connectivity index (χ3v) is 3.77. The molecule has 0 radical (unpaired) electrons. The van der Waals surface area contributed by atoms with Crippen molar-refractivity contribution in [3.05, 3.63) is 23.8 Å². The number of hydrogen-bond acceptors (Lipinski definition) is 7. The van der Waals surface area contributed by atoms with Crippen LogP contribution in [0.15, 0.2) is 12.4 Å². The van der Waals surface area contributed by atoms with Gasteiger partial charge in [-0.1, -0.05) is 0 Å². The van der Waals surface area contributed by atoms with Crippen molar-refractivity contribution in [1.82, 2.24) is 14.5 Å². The highest BCUT2D eigenvalue weighted by atomic mass is 16.6. The van der Waals surface area contributed by atoms with Crippen LogP contribution < -0.4 is 5.73 Å². The fourth-order valence-corrected chi connectivity index (χ4v) is 2.63. The zero-order chi connectivity index (χ0) is 16.0. The van der Waals surface area contributed by atoms with Crippen LogP contribution in [0.5, 0.6) is 0 Å². The van der Waals surface area contributed by atoms with Crippen LogP contribution in [0.25, 0.3) is 11.0 Å². The molecule has 0 amide bonds. The minimum absolute atomic E-state index is 0.164. The maximum absolute atomic E-state index is 10.2. The van der Waals surface area contributed by atoms with Gasteiger partial charge in [0.15, 0.2) is 6.23 Å². The Bertz CT molecular complexity index is 731. The topological polar surface area (TPSA) is 150 Å². The molecule has 1 aliphatic heterocycles. The van der Waals surface area contributed by atoms with Crippen molar-refractivity contribution in [2.45, 2.75) is 31.5 Å². The third kappa shape index (κ3) is 2.15. The summed E-state index contributed by atoms with van der Waals surface area (Å²) in [6.07, 6.45) is -1.19. The maximum atomic E-state index is 10.2. The quantitative estimate of drug-likeness (QED) is 0.347. The van der Waals surface area contributed by atoms with E-state index in [1.165, 1.54) is 10.8 Å². The van der Waals surface area contributed by atoms with Gasteiger partial charge in [0, 0.05) is 23.3 Å². The van der Waals surface area contributed by atoms with E-state index in [4.69, 9.17) is 15.9 Å². The van der Waals surface area contributed by atoms with Crippen molar-refractivity contribution in [1.29, 1.82) is 5.41 Å². The highest BCUT2D eigenvalue weighted by Crippen LogP contribution is 2.33. The smallest absolute Gasteiger partial charge is 0.164 e. The summed E-state index contributed by atoms with van der Waals surface area (Å²) >= 11 is 0. The number of nitrogen functional groups attached to an aromatic ring is 1. The molecular weight excluding hydrogens is 290 g/mol. The van der Waals surface area contributed by atoms with E-state index in [0.717, 1.165) is 0 Å². The molecule has 118 valence electrons. The fraction of sp³-hybridized carbons (Fsp3) is 0.462. The first kappa shape index (κ1) is 14.9. The highest BCUT2D eigenvalue weighted by molar-refractivity contribution is 6.06. The number of aliphatic hydroxyl groups is 3. The van der Waals surface area contributed by atoms with E-state index >= 15 is 0 Å². The predicted octanol–water partition coefficient (Wildman–Crippen LogP) is -1.36. The Morgan fingerprint density at radius 3 is 2.77 bits per heavy atom. The van der Waals surface area contributed by atoms with E-state index in [1.807, 2.05) is 0 Å². The molecule has 4 atom stereocenters. The Hall–Kier alpha value is -2.07. The van der Waals surface area contributed by atoms with E-state index < -0.39 is 31.1 Å². The zero-order valence-electron chi connectivity index (χ0n) is 11.8. The fourth-order valence-electron chi connectivity index (χ4n) is 2.63. The van der Waals surface area contributed by atoms with Gasteiger partial charge in [-0.15, -0.1) is 0 Å². The summed E-state index contributed by atoms with van der Waals surface area (Å²) in [7, 11) is 0. The maximum Gasteiger partial charge on any atom is 0.164 e. The Morgan fingerprint density at radius 1 is 1.45 bits per heavy atom. The van der Waals surface area contributed by atoms with E-state index in [2.05, 4.69) is 9.97 Å².